The van der Waals surface area contributed by atoms with E-state index >= 15 is 0 Å². The Morgan fingerprint density at radius 2 is 1.55 bits per heavy atom. The first-order valence-electron chi connectivity index (χ1n) is 7.13. The summed E-state index contributed by atoms with van der Waals surface area (Å²) in [7, 11) is 0. The number of hydrogen-bond acceptors (Lipinski definition) is 3. The number of carboxylic acid groups (broad SMARTS) is 1. The van der Waals surface area contributed by atoms with Gasteiger partial charge >= 0.3 is 11.9 Å². The largest absolute Gasteiger partial charge is 0.478 e. The van der Waals surface area contributed by atoms with Gasteiger partial charge in [-0.3, -0.25) is 0 Å². The monoisotopic (exact) mass is 300 g/mol. The second-order valence-electron chi connectivity index (χ2n) is 4.40. The summed E-state index contributed by atoms with van der Waals surface area (Å²) >= 11 is 0. The number of carbonyl (C=O) groups is 2. The lowest BCUT2D eigenvalue weighted by molar-refractivity contribution is 0.0526. The van der Waals surface area contributed by atoms with Crippen molar-refractivity contribution in [1.29, 1.82) is 0 Å². The molecule has 0 aliphatic rings. The number of hydrogen-bond donors (Lipinski definition) is 1. The smallest absolute Gasteiger partial charge is 0.338 e. The molecule has 0 heterocycles. The van der Waals surface area contributed by atoms with Crippen LogP contribution < -0.4 is 0 Å². The SMILES string of the molecule is CCOC(=O)c1ccccc1.CCc1ccccc1C(=O)O. The van der Waals surface area contributed by atoms with Gasteiger partial charge in [0.25, 0.3) is 0 Å². The van der Waals surface area contributed by atoms with Gasteiger partial charge < -0.3 is 9.84 Å². The first-order chi connectivity index (χ1) is 10.6. The van der Waals surface area contributed by atoms with Crippen molar-refractivity contribution < 1.29 is 19.4 Å². The van der Waals surface area contributed by atoms with Gasteiger partial charge in [0.1, 0.15) is 0 Å². The third-order valence-electron chi connectivity index (χ3n) is 2.91. The number of aromatic carboxylic acids is 1. The Bertz CT molecular complexity index is 605. The molecule has 0 spiro atoms. The molecule has 1 N–H and O–H groups in total. The summed E-state index contributed by atoms with van der Waals surface area (Å²) in [5.41, 5.74) is 1.91. The van der Waals surface area contributed by atoms with Gasteiger partial charge in [0.05, 0.1) is 17.7 Å². The highest BCUT2D eigenvalue weighted by Gasteiger charge is 2.05. The summed E-state index contributed by atoms with van der Waals surface area (Å²) < 4.78 is 4.79. The Kier molecular flexibility index (Phi) is 7.40. The topological polar surface area (TPSA) is 63.6 Å². The number of carboxylic acids is 1. The molecular weight excluding hydrogens is 280 g/mol. The van der Waals surface area contributed by atoms with E-state index in [0.717, 1.165) is 12.0 Å². The lowest BCUT2D eigenvalue weighted by Crippen LogP contribution is -2.03. The third kappa shape index (κ3) is 5.40. The lowest BCUT2D eigenvalue weighted by Gasteiger charge is -2.00. The third-order valence-corrected chi connectivity index (χ3v) is 2.91. The van der Waals surface area contributed by atoms with Crippen LogP contribution in [0.25, 0.3) is 0 Å². The van der Waals surface area contributed by atoms with Crippen LogP contribution in [0.5, 0.6) is 0 Å². The molecule has 4 heteroatoms. The van der Waals surface area contributed by atoms with Crippen LogP contribution in [0.4, 0.5) is 0 Å². The number of carbonyl (C=O) groups excluding carboxylic acids is 1. The molecule has 116 valence electrons. The minimum absolute atomic E-state index is 0.256. The molecule has 0 saturated carbocycles. The van der Waals surface area contributed by atoms with Gasteiger partial charge in [-0.1, -0.05) is 43.3 Å². The Balaban J connectivity index is 0.000000220. The second-order valence-corrected chi connectivity index (χ2v) is 4.40. The predicted molar refractivity (Wildman–Crippen MR) is 85.2 cm³/mol. The number of benzene rings is 2. The normalized spacial score (nSPS) is 9.36. The molecule has 22 heavy (non-hydrogen) atoms. The van der Waals surface area contributed by atoms with Crippen LogP contribution in [0, 0.1) is 0 Å². The molecule has 0 fully saturated rings. The summed E-state index contributed by atoms with van der Waals surface area (Å²) in [4.78, 5) is 21.6. The Morgan fingerprint density at radius 1 is 0.955 bits per heavy atom. The van der Waals surface area contributed by atoms with Crippen LogP contribution in [-0.2, 0) is 11.2 Å². The summed E-state index contributed by atoms with van der Waals surface area (Å²) in [6, 6.07) is 16.0. The molecule has 0 amide bonds. The van der Waals surface area contributed by atoms with Gasteiger partial charge in [0.15, 0.2) is 0 Å². The van der Waals surface area contributed by atoms with E-state index in [2.05, 4.69) is 0 Å². The lowest BCUT2D eigenvalue weighted by atomic mass is 10.1. The van der Waals surface area contributed by atoms with Crippen molar-refractivity contribution in [2.45, 2.75) is 20.3 Å². The van der Waals surface area contributed by atoms with Crippen molar-refractivity contribution in [3.63, 3.8) is 0 Å². The van der Waals surface area contributed by atoms with Crippen LogP contribution in [-0.4, -0.2) is 23.7 Å². The molecule has 2 aromatic carbocycles. The molecule has 0 aromatic heterocycles. The van der Waals surface area contributed by atoms with E-state index in [9.17, 15) is 9.59 Å². The molecule has 0 aliphatic carbocycles. The maximum Gasteiger partial charge on any atom is 0.338 e. The molecule has 0 saturated heterocycles. The Morgan fingerprint density at radius 3 is 2.05 bits per heavy atom. The highest BCUT2D eigenvalue weighted by atomic mass is 16.5. The van der Waals surface area contributed by atoms with E-state index in [1.165, 1.54) is 0 Å². The minimum atomic E-state index is -0.845. The Labute approximate surface area is 130 Å². The van der Waals surface area contributed by atoms with E-state index < -0.39 is 5.97 Å². The average molecular weight is 300 g/mol. The fraction of sp³-hybridized carbons (Fsp3) is 0.222. The van der Waals surface area contributed by atoms with E-state index in [1.54, 1.807) is 31.2 Å². The van der Waals surface area contributed by atoms with Crippen molar-refractivity contribution >= 4 is 11.9 Å². The van der Waals surface area contributed by atoms with Crippen LogP contribution in [0.2, 0.25) is 0 Å². The standard InChI is InChI=1S/2C9H10O2/c1-2-11-9(10)8-6-4-3-5-7-8;1-2-7-5-3-4-6-8(7)9(10)11/h3-7H,2H2,1H3;3-6H,2H2,1H3,(H,10,11). The fourth-order valence-corrected chi connectivity index (χ4v) is 1.83. The number of ether oxygens (including phenoxy) is 1. The highest BCUT2D eigenvalue weighted by Crippen LogP contribution is 2.08. The van der Waals surface area contributed by atoms with Crippen LogP contribution >= 0.6 is 0 Å². The van der Waals surface area contributed by atoms with Crippen molar-refractivity contribution in [2.24, 2.45) is 0 Å². The number of rotatable bonds is 4. The van der Waals surface area contributed by atoms with Gasteiger partial charge in [-0.2, -0.15) is 0 Å². The average Bonchev–Trinajstić information content (AvgIpc) is 2.56. The molecule has 0 atom stereocenters. The molecule has 0 unspecified atom stereocenters. The summed E-state index contributed by atoms with van der Waals surface area (Å²) in [5, 5.41) is 8.70. The molecule has 0 bridgehead atoms. The minimum Gasteiger partial charge on any atom is -0.478 e. The number of aryl methyl sites for hydroxylation is 1. The van der Waals surface area contributed by atoms with E-state index in [1.807, 2.05) is 37.3 Å². The zero-order chi connectivity index (χ0) is 16.4. The summed E-state index contributed by atoms with van der Waals surface area (Å²) in [6.45, 7) is 4.16. The zero-order valence-corrected chi connectivity index (χ0v) is 12.8. The van der Waals surface area contributed by atoms with Crippen LogP contribution in [0.3, 0.4) is 0 Å². The van der Waals surface area contributed by atoms with Gasteiger partial charge in [-0.25, -0.2) is 9.59 Å². The maximum absolute atomic E-state index is 11.0. The molecule has 0 aliphatic heterocycles. The van der Waals surface area contributed by atoms with Crippen molar-refractivity contribution in [3.05, 3.63) is 71.3 Å². The first-order valence-corrected chi connectivity index (χ1v) is 7.13. The van der Waals surface area contributed by atoms with Gasteiger partial charge in [0, 0.05) is 0 Å². The summed E-state index contributed by atoms with van der Waals surface area (Å²) in [5.74, 6) is -1.10. The van der Waals surface area contributed by atoms with E-state index in [-0.39, 0.29) is 5.97 Å². The quantitative estimate of drug-likeness (QED) is 0.872. The molecule has 0 radical (unpaired) electrons. The second kappa shape index (κ2) is 9.34. The highest BCUT2D eigenvalue weighted by molar-refractivity contribution is 5.89. The molecule has 4 nitrogen and oxygen atoms in total. The van der Waals surface area contributed by atoms with Crippen molar-refractivity contribution in [1.82, 2.24) is 0 Å². The van der Waals surface area contributed by atoms with Gasteiger partial charge in [-0.05, 0) is 37.1 Å². The summed E-state index contributed by atoms with van der Waals surface area (Å²) in [6.07, 6.45) is 0.766. The van der Waals surface area contributed by atoms with Crippen molar-refractivity contribution in [3.8, 4) is 0 Å². The van der Waals surface area contributed by atoms with Gasteiger partial charge in [-0.15, -0.1) is 0 Å². The Hall–Kier alpha value is -2.62. The predicted octanol–water partition coefficient (Wildman–Crippen LogP) is 3.81. The first kappa shape index (κ1) is 17.4. The molecule has 2 aromatic rings. The van der Waals surface area contributed by atoms with Crippen LogP contribution in [0.1, 0.15) is 40.1 Å². The maximum atomic E-state index is 11.0. The van der Waals surface area contributed by atoms with E-state index in [4.69, 9.17) is 9.84 Å². The fourth-order valence-electron chi connectivity index (χ4n) is 1.83. The van der Waals surface area contributed by atoms with Gasteiger partial charge in [0.2, 0.25) is 0 Å². The zero-order valence-electron chi connectivity index (χ0n) is 12.8. The molecular formula is C18H20O4. The van der Waals surface area contributed by atoms with Crippen LogP contribution in [0.15, 0.2) is 54.6 Å². The van der Waals surface area contributed by atoms with Crippen molar-refractivity contribution in [2.75, 3.05) is 6.61 Å². The van der Waals surface area contributed by atoms with E-state index in [0.29, 0.717) is 17.7 Å². The number of esters is 1. The molecule has 2 rings (SSSR count).